The smallest absolute Gasteiger partial charge is 0.0468 e. The molecule has 1 aliphatic carbocycles. The monoisotopic (exact) mass is 551 g/mol. The minimum Gasteiger partial charge on any atom is -0.310 e. The molecule has 0 bridgehead atoms. The minimum absolute atomic E-state index is 0.0533. The topological polar surface area (TPSA) is 3.24 Å². The maximum absolute atomic E-state index is 2.41. The summed E-state index contributed by atoms with van der Waals surface area (Å²) in [5.41, 5.74) is 12.7. The molecule has 7 aromatic carbocycles. The Morgan fingerprint density at radius 3 is 1.95 bits per heavy atom. The van der Waals surface area contributed by atoms with E-state index in [0.717, 1.165) is 11.4 Å². The first kappa shape index (κ1) is 25.6. The van der Waals surface area contributed by atoms with Crippen LogP contribution in [0.5, 0.6) is 0 Å². The van der Waals surface area contributed by atoms with E-state index in [1.54, 1.807) is 0 Å². The third-order valence-electron chi connectivity index (χ3n) is 9.30. The average molecular weight is 552 g/mol. The zero-order chi connectivity index (χ0) is 29.1. The van der Waals surface area contributed by atoms with Crippen LogP contribution in [0.1, 0.15) is 30.5 Å². The number of hydrogen-bond acceptors (Lipinski definition) is 1. The number of anilines is 3. The molecule has 0 aromatic heterocycles. The van der Waals surface area contributed by atoms with Gasteiger partial charge in [-0.15, -0.1) is 0 Å². The second-order valence-corrected chi connectivity index (χ2v) is 12.3. The summed E-state index contributed by atoms with van der Waals surface area (Å²) in [6.07, 6.45) is 0. The molecule has 7 aromatic rings. The van der Waals surface area contributed by atoms with Gasteiger partial charge in [0.15, 0.2) is 0 Å². The first-order valence-electron chi connectivity index (χ1n) is 15.1. The Kier molecular flexibility index (Phi) is 5.77. The summed E-state index contributed by atoms with van der Waals surface area (Å²) in [5.74, 6) is 0. The van der Waals surface area contributed by atoms with Gasteiger partial charge in [0.2, 0.25) is 0 Å². The highest BCUT2D eigenvalue weighted by molar-refractivity contribution is 6.00. The molecule has 1 heteroatoms. The number of benzene rings is 7. The van der Waals surface area contributed by atoms with E-state index in [2.05, 4.69) is 171 Å². The molecule has 0 radical (unpaired) electrons. The fraction of sp³-hybridized carbons (Fsp3) is 0.0952. The van der Waals surface area contributed by atoms with Gasteiger partial charge in [-0.3, -0.25) is 0 Å². The zero-order valence-corrected chi connectivity index (χ0v) is 24.8. The molecule has 0 aliphatic heterocycles. The van der Waals surface area contributed by atoms with Crippen molar-refractivity contribution in [3.05, 3.63) is 162 Å². The van der Waals surface area contributed by atoms with E-state index in [1.807, 2.05) is 0 Å². The second kappa shape index (κ2) is 9.71. The second-order valence-electron chi connectivity index (χ2n) is 12.3. The van der Waals surface area contributed by atoms with Crippen LogP contribution in [0, 0.1) is 6.92 Å². The summed E-state index contributed by atoms with van der Waals surface area (Å²) in [5, 5.41) is 5.02. The number of aryl methyl sites for hydroxylation is 1. The fourth-order valence-electron chi connectivity index (χ4n) is 6.99. The molecule has 0 amide bonds. The van der Waals surface area contributed by atoms with E-state index in [-0.39, 0.29) is 5.41 Å². The van der Waals surface area contributed by atoms with Crippen LogP contribution < -0.4 is 4.90 Å². The van der Waals surface area contributed by atoms with Crippen LogP contribution in [0.25, 0.3) is 43.8 Å². The maximum atomic E-state index is 2.41. The molecule has 43 heavy (non-hydrogen) atoms. The van der Waals surface area contributed by atoms with Crippen molar-refractivity contribution in [2.45, 2.75) is 26.2 Å². The molecule has 1 aliphatic rings. The van der Waals surface area contributed by atoms with Crippen molar-refractivity contribution in [2.24, 2.45) is 0 Å². The highest BCUT2D eigenvalue weighted by Gasteiger charge is 2.35. The van der Waals surface area contributed by atoms with E-state index in [1.165, 1.54) is 66.2 Å². The zero-order valence-electron chi connectivity index (χ0n) is 24.8. The quantitative estimate of drug-likeness (QED) is 0.210. The molecule has 8 rings (SSSR count). The Bertz CT molecular complexity index is 2160. The summed E-state index contributed by atoms with van der Waals surface area (Å²) in [6, 6.07) is 53.6. The number of rotatable bonds is 4. The van der Waals surface area contributed by atoms with Gasteiger partial charge < -0.3 is 4.90 Å². The van der Waals surface area contributed by atoms with Gasteiger partial charge in [0.05, 0.1) is 0 Å². The summed E-state index contributed by atoms with van der Waals surface area (Å²) in [4.78, 5) is 2.40. The van der Waals surface area contributed by atoms with Crippen LogP contribution >= 0.6 is 0 Å². The van der Waals surface area contributed by atoms with E-state index >= 15 is 0 Å². The Balaban J connectivity index is 1.25. The molecule has 1 nitrogen and oxygen atoms in total. The summed E-state index contributed by atoms with van der Waals surface area (Å²) in [7, 11) is 0. The van der Waals surface area contributed by atoms with E-state index in [9.17, 15) is 0 Å². The highest BCUT2D eigenvalue weighted by atomic mass is 15.1. The van der Waals surface area contributed by atoms with Crippen molar-refractivity contribution in [3.8, 4) is 22.3 Å². The van der Waals surface area contributed by atoms with E-state index in [0.29, 0.717) is 0 Å². The molecule has 0 saturated heterocycles. The molecule has 0 spiro atoms. The molecule has 0 N–H and O–H groups in total. The van der Waals surface area contributed by atoms with Gasteiger partial charge in [0.25, 0.3) is 0 Å². The van der Waals surface area contributed by atoms with Crippen LogP contribution in [0.2, 0.25) is 0 Å². The molecule has 0 unspecified atom stereocenters. The number of nitrogens with zero attached hydrogens (tertiary/aromatic N) is 1. The molecule has 206 valence electrons. The maximum Gasteiger partial charge on any atom is 0.0468 e. The largest absolute Gasteiger partial charge is 0.310 e. The Labute approximate surface area is 253 Å². The van der Waals surface area contributed by atoms with Gasteiger partial charge in [-0.05, 0) is 104 Å². The standard InChI is InChI=1S/C42H33N/c1-28-15-20-33(21-16-28)43(35-23-24-39-38-12-6-7-14-40(38)42(2,3)41(39)27-35)34-22-19-30-25-32(18-17-31(30)26-34)37-13-8-10-29-9-4-5-11-36(29)37/h4-27H,1-3H3. The number of fused-ring (bicyclic) bond motifs is 5. The Hall–Kier alpha value is -5.14. The fourth-order valence-corrected chi connectivity index (χ4v) is 6.99. The van der Waals surface area contributed by atoms with Gasteiger partial charge in [-0.25, -0.2) is 0 Å². The lowest BCUT2D eigenvalue weighted by molar-refractivity contribution is 0.660. The van der Waals surface area contributed by atoms with Crippen LogP contribution in [-0.2, 0) is 5.41 Å². The lowest BCUT2D eigenvalue weighted by Crippen LogP contribution is -2.16. The predicted molar refractivity (Wildman–Crippen MR) is 184 cm³/mol. The van der Waals surface area contributed by atoms with E-state index < -0.39 is 0 Å². The van der Waals surface area contributed by atoms with Gasteiger partial charge in [-0.1, -0.05) is 123 Å². The normalized spacial score (nSPS) is 13.2. The summed E-state index contributed by atoms with van der Waals surface area (Å²) >= 11 is 0. The SMILES string of the molecule is Cc1ccc(N(c2ccc3c(c2)C(C)(C)c2ccccc2-3)c2ccc3cc(-c4cccc5ccccc45)ccc3c2)cc1. The van der Waals surface area contributed by atoms with Crippen LogP contribution in [0.15, 0.2) is 146 Å². The first-order chi connectivity index (χ1) is 21.0. The lowest BCUT2D eigenvalue weighted by atomic mass is 9.82. The van der Waals surface area contributed by atoms with Crippen molar-refractivity contribution >= 4 is 38.6 Å². The van der Waals surface area contributed by atoms with Gasteiger partial charge in [-0.2, -0.15) is 0 Å². The van der Waals surface area contributed by atoms with Crippen molar-refractivity contribution in [1.82, 2.24) is 0 Å². The predicted octanol–water partition coefficient (Wildman–Crippen LogP) is 11.7. The average Bonchev–Trinajstić information content (AvgIpc) is 3.27. The molecular weight excluding hydrogens is 518 g/mol. The van der Waals surface area contributed by atoms with E-state index in [4.69, 9.17) is 0 Å². The molecule has 0 heterocycles. The highest BCUT2D eigenvalue weighted by Crippen LogP contribution is 2.50. The molecular formula is C42H33N. The summed E-state index contributed by atoms with van der Waals surface area (Å²) in [6.45, 7) is 6.84. The van der Waals surface area contributed by atoms with Crippen molar-refractivity contribution < 1.29 is 0 Å². The molecule has 0 saturated carbocycles. The van der Waals surface area contributed by atoms with Crippen molar-refractivity contribution in [3.63, 3.8) is 0 Å². The van der Waals surface area contributed by atoms with Gasteiger partial charge in [0, 0.05) is 22.5 Å². The third-order valence-corrected chi connectivity index (χ3v) is 9.30. The van der Waals surface area contributed by atoms with Crippen LogP contribution in [0.3, 0.4) is 0 Å². The van der Waals surface area contributed by atoms with Crippen molar-refractivity contribution in [2.75, 3.05) is 4.90 Å². The Morgan fingerprint density at radius 1 is 0.442 bits per heavy atom. The Morgan fingerprint density at radius 2 is 1.07 bits per heavy atom. The molecule has 0 fully saturated rings. The summed E-state index contributed by atoms with van der Waals surface area (Å²) < 4.78 is 0. The molecule has 0 atom stereocenters. The third kappa shape index (κ3) is 4.15. The number of hydrogen-bond donors (Lipinski definition) is 0. The lowest BCUT2D eigenvalue weighted by Gasteiger charge is -2.28. The van der Waals surface area contributed by atoms with Gasteiger partial charge >= 0.3 is 0 Å². The first-order valence-corrected chi connectivity index (χ1v) is 15.1. The minimum atomic E-state index is -0.0533. The van der Waals surface area contributed by atoms with Crippen LogP contribution in [-0.4, -0.2) is 0 Å². The van der Waals surface area contributed by atoms with Crippen molar-refractivity contribution in [1.29, 1.82) is 0 Å². The van der Waals surface area contributed by atoms with Crippen LogP contribution in [0.4, 0.5) is 17.1 Å². The van der Waals surface area contributed by atoms with Gasteiger partial charge in [0.1, 0.15) is 0 Å².